The molecule has 1 heterocycles. The molecule has 6 nitrogen and oxygen atoms in total. The summed E-state index contributed by atoms with van der Waals surface area (Å²) in [5, 5.41) is 2.43. The zero-order valence-corrected chi connectivity index (χ0v) is 12.6. The van der Waals surface area contributed by atoms with E-state index in [4.69, 9.17) is 4.74 Å². The van der Waals surface area contributed by atoms with Crippen LogP contribution in [0.4, 0.5) is 0 Å². The summed E-state index contributed by atoms with van der Waals surface area (Å²) in [7, 11) is -1.73. The van der Waals surface area contributed by atoms with E-state index in [0.717, 1.165) is 0 Å². The Morgan fingerprint density at radius 3 is 2.00 bits per heavy atom. The van der Waals surface area contributed by atoms with Crippen LogP contribution in [0.5, 0.6) is 0 Å². The van der Waals surface area contributed by atoms with Gasteiger partial charge in [0.15, 0.2) is 0 Å². The van der Waals surface area contributed by atoms with Crippen molar-refractivity contribution in [1.82, 2.24) is 5.32 Å². The number of esters is 1. The van der Waals surface area contributed by atoms with Crippen LogP contribution in [0.3, 0.4) is 0 Å². The average molecular weight is 291 g/mol. The lowest BCUT2D eigenvalue weighted by Crippen LogP contribution is -2.52. The van der Waals surface area contributed by atoms with Crippen molar-refractivity contribution in [1.29, 1.82) is 0 Å². The third-order valence-corrected chi connectivity index (χ3v) is 4.78. The van der Waals surface area contributed by atoms with Gasteiger partial charge in [-0.1, -0.05) is 0 Å². The first-order chi connectivity index (χ1) is 8.52. The number of nitrogens with one attached hydrogen (secondary N) is 1. The Hall–Kier alpha value is -1.11. The van der Waals surface area contributed by atoms with Crippen molar-refractivity contribution in [3.63, 3.8) is 0 Å². The Labute approximate surface area is 113 Å². The summed E-state index contributed by atoms with van der Waals surface area (Å²) in [6.07, 6.45) is -0.0478. The monoisotopic (exact) mass is 291 g/mol. The summed E-state index contributed by atoms with van der Waals surface area (Å²) in [5.74, 6) is -1.45. The van der Waals surface area contributed by atoms with Gasteiger partial charge in [0.25, 0.3) is 0 Å². The molecule has 0 radical (unpaired) electrons. The van der Waals surface area contributed by atoms with Crippen molar-refractivity contribution in [3.8, 4) is 0 Å². The van der Waals surface area contributed by atoms with Gasteiger partial charge in [-0.25, -0.2) is 8.42 Å². The van der Waals surface area contributed by atoms with Gasteiger partial charge in [0.1, 0.15) is 20.9 Å². The molecule has 0 spiro atoms. The number of carbonyl (C=O) groups excluding carboxylic acids is 2. The molecule has 19 heavy (non-hydrogen) atoms. The Morgan fingerprint density at radius 1 is 1.16 bits per heavy atom. The molecule has 0 unspecified atom stereocenters. The van der Waals surface area contributed by atoms with Gasteiger partial charge >= 0.3 is 5.97 Å². The highest BCUT2D eigenvalue weighted by atomic mass is 32.2. The number of hydrogen-bond acceptors (Lipinski definition) is 5. The minimum atomic E-state index is -3.16. The number of amides is 1. The largest absolute Gasteiger partial charge is 0.459 e. The quantitative estimate of drug-likeness (QED) is 0.582. The molecule has 0 aromatic rings. The molecule has 1 aliphatic heterocycles. The van der Waals surface area contributed by atoms with Crippen LogP contribution in [-0.4, -0.2) is 44.4 Å². The Kier molecular flexibility index (Phi) is 4.29. The molecular weight excluding hydrogens is 270 g/mol. The molecule has 0 saturated carbocycles. The molecule has 1 N–H and O–H groups in total. The molecule has 1 saturated heterocycles. The lowest BCUT2D eigenvalue weighted by molar-refractivity contribution is -0.171. The second-order valence-electron chi connectivity index (χ2n) is 5.81. The number of sulfone groups is 1. The van der Waals surface area contributed by atoms with Crippen LogP contribution in [0.2, 0.25) is 0 Å². The SMILES string of the molecule is CNC(=O)C1(C(=O)OC(C)(C)C)CCS(=O)(=O)CC1. The van der Waals surface area contributed by atoms with Crippen LogP contribution >= 0.6 is 0 Å². The zero-order chi connectivity index (χ0) is 14.9. The molecule has 0 aromatic carbocycles. The normalized spacial score (nSPS) is 21.5. The molecule has 0 aliphatic carbocycles. The summed E-state index contributed by atoms with van der Waals surface area (Å²) in [6.45, 7) is 5.13. The maximum Gasteiger partial charge on any atom is 0.322 e. The van der Waals surface area contributed by atoms with E-state index in [9.17, 15) is 18.0 Å². The van der Waals surface area contributed by atoms with E-state index in [2.05, 4.69) is 5.32 Å². The smallest absolute Gasteiger partial charge is 0.322 e. The molecule has 0 bridgehead atoms. The van der Waals surface area contributed by atoms with Crippen molar-refractivity contribution >= 4 is 21.7 Å². The Bertz CT molecular complexity index is 461. The third-order valence-electron chi connectivity index (χ3n) is 3.13. The summed E-state index contributed by atoms with van der Waals surface area (Å²) in [5.41, 5.74) is -2.10. The molecule has 110 valence electrons. The lowest BCUT2D eigenvalue weighted by atomic mass is 9.80. The number of rotatable bonds is 2. The summed E-state index contributed by atoms with van der Waals surface area (Å²) >= 11 is 0. The summed E-state index contributed by atoms with van der Waals surface area (Å²) in [4.78, 5) is 24.3. The zero-order valence-electron chi connectivity index (χ0n) is 11.8. The van der Waals surface area contributed by atoms with Gasteiger partial charge in [0, 0.05) is 7.05 Å². The maximum absolute atomic E-state index is 12.3. The van der Waals surface area contributed by atoms with Crippen LogP contribution in [0.15, 0.2) is 0 Å². The molecule has 7 heteroatoms. The molecule has 1 rings (SSSR count). The van der Waals surface area contributed by atoms with E-state index in [1.54, 1.807) is 20.8 Å². The predicted octanol–water partition coefficient (Wildman–Crippen LogP) is 0.269. The summed E-state index contributed by atoms with van der Waals surface area (Å²) < 4.78 is 28.2. The first-order valence-corrected chi connectivity index (χ1v) is 8.01. The number of hydrogen-bond donors (Lipinski definition) is 1. The van der Waals surface area contributed by atoms with E-state index in [0.29, 0.717) is 0 Å². The van der Waals surface area contributed by atoms with Crippen molar-refractivity contribution in [2.45, 2.75) is 39.2 Å². The van der Waals surface area contributed by atoms with Gasteiger partial charge in [-0.2, -0.15) is 0 Å². The first kappa shape index (κ1) is 15.9. The Balaban J connectivity index is 3.03. The standard InChI is InChI=1S/C12H21NO5S/c1-11(2,3)18-10(15)12(9(14)13-4)5-7-19(16,17)8-6-12/h5-8H2,1-4H3,(H,13,14). The van der Waals surface area contributed by atoms with Crippen LogP contribution in [0.25, 0.3) is 0 Å². The van der Waals surface area contributed by atoms with Crippen LogP contribution in [0, 0.1) is 5.41 Å². The highest BCUT2D eigenvalue weighted by Gasteiger charge is 2.51. The second-order valence-corrected chi connectivity index (χ2v) is 8.12. The van der Waals surface area contributed by atoms with Gasteiger partial charge in [0.2, 0.25) is 5.91 Å². The molecule has 1 fully saturated rings. The van der Waals surface area contributed by atoms with Gasteiger partial charge in [0.05, 0.1) is 11.5 Å². The summed E-state index contributed by atoms with van der Waals surface area (Å²) in [6, 6.07) is 0. The fourth-order valence-electron chi connectivity index (χ4n) is 2.03. The molecule has 1 aliphatic rings. The number of ether oxygens (including phenoxy) is 1. The van der Waals surface area contributed by atoms with Crippen molar-refractivity contribution in [2.75, 3.05) is 18.6 Å². The van der Waals surface area contributed by atoms with Gasteiger partial charge in [-0.15, -0.1) is 0 Å². The van der Waals surface area contributed by atoms with E-state index >= 15 is 0 Å². The van der Waals surface area contributed by atoms with E-state index in [-0.39, 0.29) is 24.3 Å². The Morgan fingerprint density at radius 2 is 1.63 bits per heavy atom. The predicted molar refractivity (Wildman–Crippen MR) is 70.2 cm³/mol. The van der Waals surface area contributed by atoms with E-state index in [1.165, 1.54) is 7.05 Å². The lowest BCUT2D eigenvalue weighted by Gasteiger charge is -2.35. The highest BCUT2D eigenvalue weighted by molar-refractivity contribution is 7.91. The highest BCUT2D eigenvalue weighted by Crippen LogP contribution is 2.35. The average Bonchev–Trinajstić information content (AvgIpc) is 2.26. The third kappa shape index (κ3) is 3.68. The van der Waals surface area contributed by atoms with Crippen molar-refractivity contribution in [2.24, 2.45) is 5.41 Å². The van der Waals surface area contributed by atoms with Crippen LogP contribution in [-0.2, 0) is 24.2 Å². The van der Waals surface area contributed by atoms with Crippen molar-refractivity contribution in [3.05, 3.63) is 0 Å². The molecule has 1 amide bonds. The first-order valence-electron chi connectivity index (χ1n) is 6.18. The topological polar surface area (TPSA) is 89.5 Å². The van der Waals surface area contributed by atoms with Crippen LogP contribution < -0.4 is 5.32 Å². The minimum Gasteiger partial charge on any atom is -0.459 e. The second kappa shape index (κ2) is 5.11. The maximum atomic E-state index is 12.3. The van der Waals surface area contributed by atoms with E-state index < -0.39 is 32.7 Å². The fourth-order valence-corrected chi connectivity index (χ4v) is 3.55. The fraction of sp³-hybridized carbons (Fsp3) is 0.833. The number of carbonyl (C=O) groups is 2. The minimum absolute atomic E-state index is 0.0239. The van der Waals surface area contributed by atoms with Gasteiger partial charge in [-0.05, 0) is 33.6 Å². The van der Waals surface area contributed by atoms with Gasteiger partial charge < -0.3 is 10.1 Å². The molecule has 0 aromatic heterocycles. The van der Waals surface area contributed by atoms with E-state index in [1.807, 2.05) is 0 Å². The van der Waals surface area contributed by atoms with Crippen molar-refractivity contribution < 1.29 is 22.7 Å². The van der Waals surface area contributed by atoms with Gasteiger partial charge in [-0.3, -0.25) is 9.59 Å². The molecule has 0 atom stereocenters. The molecular formula is C12H21NO5S. The van der Waals surface area contributed by atoms with Crippen LogP contribution in [0.1, 0.15) is 33.6 Å².